The third-order valence-electron chi connectivity index (χ3n) is 4.77. The molecule has 0 aromatic carbocycles. The number of ether oxygens (including phenoxy) is 2. The van der Waals surface area contributed by atoms with E-state index in [4.69, 9.17) is 9.47 Å². The zero-order valence-corrected chi connectivity index (χ0v) is 15.0. The van der Waals surface area contributed by atoms with Crippen LogP contribution in [-0.2, 0) is 39.5 Å². The number of nitrogens with zero attached hydrogens (tertiary/aromatic N) is 3. The molecule has 0 spiro atoms. The van der Waals surface area contributed by atoms with Gasteiger partial charge in [-0.1, -0.05) is 13.8 Å². The second-order valence-electron chi connectivity index (χ2n) is 7.24. The topological polar surface area (TPSA) is 73.7 Å². The smallest absolute Gasteiger partial charge is 0.222 e. The molecule has 0 saturated carbocycles. The minimum atomic E-state index is -3.50. The van der Waals surface area contributed by atoms with E-state index in [0.717, 1.165) is 17.7 Å². The second-order valence-corrected chi connectivity index (χ2v) is 9.40. The molecular weight excluding hydrogens is 318 g/mol. The van der Waals surface area contributed by atoms with Gasteiger partial charge >= 0.3 is 0 Å². The largest absolute Gasteiger partial charge is 0.378 e. The summed E-state index contributed by atoms with van der Waals surface area (Å²) >= 11 is 0. The summed E-state index contributed by atoms with van der Waals surface area (Å²) in [5, 5.41) is 3.66. The maximum atomic E-state index is 13.2. The Balaban J connectivity index is 1.95. The lowest BCUT2D eigenvalue weighted by Gasteiger charge is -2.31. The fourth-order valence-electron chi connectivity index (χ4n) is 3.48. The number of methoxy groups -OCH3 is 1. The average molecular weight is 343 g/mol. The van der Waals surface area contributed by atoms with Gasteiger partial charge in [-0.15, -0.1) is 0 Å². The van der Waals surface area contributed by atoms with Crippen LogP contribution in [0, 0.1) is 5.41 Å². The molecule has 0 amide bonds. The molecule has 2 atom stereocenters. The number of hydrogen-bond donors (Lipinski definition) is 0. The molecule has 23 heavy (non-hydrogen) atoms. The monoisotopic (exact) mass is 343 g/mol. The van der Waals surface area contributed by atoms with Gasteiger partial charge in [-0.05, 0) is 11.8 Å². The van der Waals surface area contributed by atoms with Crippen LogP contribution in [0.3, 0.4) is 0 Å². The maximum Gasteiger partial charge on any atom is 0.222 e. The highest BCUT2D eigenvalue weighted by Gasteiger charge is 2.44. The van der Waals surface area contributed by atoms with E-state index in [0.29, 0.717) is 19.7 Å². The Hall–Kier alpha value is -0.960. The van der Waals surface area contributed by atoms with Gasteiger partial charge < -0.3 is 9.47 Å². The summed E-state index contributed by atoms with van der Waals surface area (Å²) in [6.45, 7) is 5.55. The first-order valence-corrected chi connectivity index (χ1v) is 9.34. The van der Waals surface area contributed by atoms with Crippen molar-refractivity contribution in [3.05, 3.63) is 17.5 Å². The SMILES string of the molecule is COC1COCC1S(=O)(=O)N1Cc2cnn(C)c2CC(C)(C)C1. The molecule has 0 bridgehead atoms. The molecule has 8 heteroatoms. The molecule has 2 aliphatic rings. The predicted octanol–water partition coefficient (Wildman–Crippen LogP) is 0.548. The van der Waals surface area contributed by atoms with E-state index >= 15 is 0 Å². The lowest BCUT2D eigenvalue weighted by Crippen LogP contribution is -2.46. The summed E-state index contributed by atoms with van der Waals surface area (Å²) in [5.74, 6) is 0. The quantitative estimate of drug-likeness (QED) is 0.801. The first kappa shape index (κ1) is 16.9. The Bertz CT molecular complexity index is 683. The average Bonchev–Trinajstić information content (AvgIpc) is 3.04. The van der Waals surface area contributed by atoms with Crippen LogP contribution < -0.4 is 0 Å². The predicted molar refractivity (Wildman–Crippen MR) is 85.4 cm³/mol. The molecule has 2 aliphatic heterocycles. The fourth-order valence-corrected chi connectivity index (χ4v) is 5.56. The third kappa shape index (κ3) is 3.05. The molecule has 0 N–H and O–H groups in total. The van der Waals surface area contributed by atoms with Crippen LogP contribution in [0.25, 0.3) is 0 Å². The third-order valence-corrected chi connectivity index (χ3v) is 6.95. The minimum Gasteiger partial charge on any atom is -0.378 e. The van der Waals surface area contributed by atoms with Crippen LogP contribution in [0.1, 0.15) is 25.1 Å². The Morgan fingerprint density at radius 1 is 1.39 bits per heavy atom. The van der Waals surface area contributed by atoms with Crippen LogP contribution in [0.15, 0.2) is 6.20 Å². The molecule has 7 nitrogen and oxygen atoms in total. The van der Waals surface area contributed by atoms with Gasteiger partial charge in [-0.2, -0.15) is 9.40 Å². The van der Waals surface area contributed by atoms with Crippen molar-refractivity contribution in [1.82, 2.24) is 14.1 Å². The van der Waals surface area contributed by atoms with Gasteiger partial charge in [-0.25, -0.2) is 8.42 Å². The maximum absolute atomic E-state index is 13.2. The molecule has 2 unspecified atom stereocenters. The lowest BCUT2D eigenvalue weighted by atomic mass is 9.88. The number of hydrogen-bond acceptors (Lipinski definition) is 5. The first-order chi connectivity index (χ1) is 10.7. The van der Waals surface area contributed by atoms with Crippen LogP contribution in [0.2, 0.25) is 0 Å². The molecule has 0 radical (unpaired) electrons. The van der Waals surface area contributed by atoms with E-state index in [9.17, 15) is 8.42 Å². The number of aromatic nitrogens is 2. The van der Waals surface area contributed by atoms with Gasteiger partial charge in [0.1, 0.15) is 11.4 Å². The Morgan fingerprint density at radius 3 is 2.83 bits per heavy atom. The summed E-state index contributed by atoms with van der Waals surface area (Å²) in [6, 6.07) is 0. The molecular formula is C15H25N3O4S. The van der Waals surface area contributed by atoms with E-state index in [1.807, 2.05) is 11.7 Å². The Labute approximate surface area is 137 Å². The van der Waals surface area contributed by atoms with Gasteiger partial charge in [0.15, 0.2) is 0 Å². The summed E-state index contributed by atoms with van der Waals surface area (Å²) < 4.78 is 40.4. The molecule has 0 aliphatic carbocycles. The van der Waals surface area contributed by atoms with Crippen molar-refractivity contribution in [1.29, 1.82) is 0 Å². The molecule has 1 fully saturated rings. The zero-order chi connectivity index (χ0) is 16.8. The van der Waals surface area contributed by atoms with Crippen molar-refractivity contribution < 1.29 is 17.9 Å². The van der Waals surface area contributed by atoms with E-state index < -0.39 is 21.4 Å². The number of sulfonamides is 1. The fraction of sp³-hybridized carbons (Fsp3) is 0.800. The molecule has 1 saturated heterocycles. The number of rotatable bonds is 3. The van der Waals surface area contributed by atoms with E-state index in [-0.39, 0.29) is 12.0 Å². The van der Waals surface area contributed by atoms with Crippen molar-refractivity contribution in [3.8, 4) is 0 Å². The van der Waals surface area contributed by atoms with Gasteiger partial charge in [-0.3, -0.25) is 4.68 Å². The van der Waals surface area contributed by atoms with Gasteiger partial charge in [0.05, 0.1) is 19.4 Å². The molecule has 1 aromatic heterocycles. The molecule has 3 rings (SSSR count). The highest BCUT2D eigenvalue weighted by atomic mass is 32.2. The van der Waals surface area contributed by atoms with Gasteiger partial charge in [0.2, 0.25) is 10.0 Å². The Kier molecular flexibility index (Phi) is 4.29. The number of aryl methyl sites for hydroxylation is 1. The van der Waals surface area contributed by atoms with Crippen LogP contribution in [0.4, 0.5) is 0 Å². The zero-order valence-electron chi connectivity index (χ0n) is 14.2. The van der Waals surface area contributed by atoms with Crippen LogP contribution in [0.5, 0.6) is 0 Å². The summed E-state index contributed by atoms with van der Waals surface area (Å²) in [6.07, 6.45) is 2.18. The number of fused-ring (bicyclic) bond motifs is 1. The van der Waals surface area contributed by atoms with Gasteiger partial charge in [0.25, 0.3) is 0 Å². The van der Waals surface area contributed by atoms with Crippen LogP contribution in [-0.4, -0.2) is 60.7 Å². The van der Waals surface area contributed by atoms with E-state index in [1.165, 1.54) is 7.11 Å². The highest BCUT2D eigenvalue weighted by molar-refractivity contribution is 7.89. The lowest BCUT2D eigenvalue weighted by molar-refractivity contribution is 0.0823. The van der Waals surface area contributed by atoms with E-state index in [2.05, 4.69) is 18.9 Å². The first-order valence-electron chi connectivity index (χ1n) is 7.84. The Morgan fingerprint density at radius 2 is 2.13 bits per heavy atom. The van der Waals surface area contributed by atoms with Crippen molar-refractivity contribution in [2.75, 3.05) is 26.9 Å². The standard InChI is InChI=1S/C15H25N3O4S/c1-15(2)5-12-11(6-16-17(12)3)7-18(10-15)23(19,20)14-9-22-8-13(14)21-4/h6,13-14H,5,7-10H2,1-4H3. The minimum absolute atomic E-state index is 0.159. The summed E-state index contributed by atoms with van der Waals surface area (Å²) in [4.78, 5) is 0. The molecule has 130 valence electrons. The van der Waals surface area contributed by atoms with Crippen molar-refractivity contribution >= 4 is 10.0 Å². The van der Waals surface area contributed by atoms with Crippen molar-refractivity contribution in [3.63, 3.8) is 0 Å². The summed E-state index contributed by atoms with van der Waals surface area (Å²) in [7, 11) is -0.0618. The molecule has 1 aromatic rings. The second kappa shape index (κ2) is 5.84. The van der Waals surface area contributed by atoms with Crippen molar-refractivity contribution in [2.45, 2.75) is 38.2 Å². The van der Waals surface area contributed by atoms with Crippen molar-refractivity contribution in [2.24, 2.45) is 12.5 Å². The molecule has 3 heterocycles. The van der Waals surface area contributed by atoms with Gasteiger partial charge in [0, 0.05) is 38.5 Å². The summed E-state index contributed by atoms with van der Waals surface area (Å²) in [5.41, 5.74) is 1.93. The van der Waals surface area contributed by atoms with Crippen LogP contribution >= 0.6 is 0 Å². The normalized spacial score (nSPS) is 28.5. The van der Waals surface area contributed by atoms with E-state index in [1.54, 1.807) is 10.5 Å². The highest BCUT2D eigenvalue weighted by Crippen LogP contribution is 2.33.